The number of hydrogen-bond donors (Lipinski definition) is 0. The fraction of sp³-hybridized carbons (Fsp3) is 0.320. The van der Waals surface area contributed by atoms with Crippen LogP contribution in [0, 0.1) is 11.6 Å². The van der Waals surface area contributed by atoms with Crippen molar-refractivity contribution in [1.29, 1.82) is 0 Å². The number of halogens is 3. The molecule has 1 atom stereocenters. The molecular formula is C25H25ClF2N2O2S. The van der Waals surface area contributed by atoms with Gasteiger partial charge in [0.25, 0.3) is 0 Å². The summed E-state index contributed by atoms with van der Waals surface area (Å²) < 4.78 is 34.2. The molecule has 1 aromatic heterocycles. The van der Waals surface area contributed by atoms with Gasteiger partial charge in [0.15, 0.2) is 0 Å². The van der Waals surface area contributed by atoms with E-state index in [4.69, 9.17) is 16.3 Å². The first-order chi connectivity index (χ1) is 16.0. The molecule has 0 unspecified atom stereocenters. The maximum absolute atomic E-state index is 14.1. The molecule has 1 fully saturated rings. The van der Waals surface area contributed by atoms with Gasteiger partial charge in [0.05, 0.1) is 19.1 Å². The van der Waals surface area contributed by atoms with Crippen LogP contribution in [-0.4, -0.2) is 48.4 Å². The second kappa shape index (κ2) is 11.2. The van der Waals surface area contributed by atoms with Crippen molar-refractivity contribution in [3.8, 4) is 0 Å². The van der Waals surface area contributed by atoms with Gasteiger partial charge in [-0.05, 0) is 41.3 Å². The summed E-state index contributed by atoms with van der Waals surface area (Å²) in [5, 5.41) is 2.58. The minimum Gasteiger partial charge on any atom is -0.367 e. The minimum absolute atomic E-state index is 0.0829. The molecule has 0 spiro atoms. The van der Waals surface area contributed by atoms with Crippen LogP contribution in [0.3, 0.4) is 0 Å². The third-order valence-corrected chi connectivity index (χ3v) is 6.92. The highest BCUT2D eigenvalue weighted by molar-refractivity contribution is 7.10. The first-order valence-corrected chi connectivity index (χ1v) is 12.1. The van der Waals surface area contributed by atoms with Gasteiger partial charge >= 0.3 is 0 Å². The molecule has 1 aliphatic rings. The summed E-state index contributed by atoms with van der Waals surface area (Å²) in [6, 6.07) is 15.0. The van der Waals surface area contributed by atoms with E-state index in [0.717, 1.165) is 10.4 Å². The zero-order chi connectivity index (χ0) is 23.2. The molecule has 0 saturated carbocycles. The van der Waals surface area contributed by atoms with Gasteiger partial charge in [-0.1, -0.05) is 35.9 Å². The van der Waals surface area contributed by atoms with Crippen LogP contribution >= 0.6 is 22.9 Å². The van der Waals surface area contributed by atoms with Gasteiger partial charge in [0.2, 0.25) is 5.91 Å². The average molecular weight is 491 g/mol. The highest BCUT2D eigenvalue weighted by atomic mass is 35.5. The molecule has 174 valence electrons. The summed E-state index contributed by atoms with van der Waals surface area (Å²) in [6.07, 6.45) is 0.0391. The van der Waals surface area contributed by atoms with E-state index < -0.39 is 17.7 Å². The Morgan fingerprint density at radius 3 is 2.33 bits per heavy atom. The lowest BCUT2D eigenvalue weighted by molar-refractivity contribution is -0.132. The number of carbonyl (C=O) groups excluding carboxylic acids is 1. The molecule has 0 bridgehead atoms. The van der Waals surface area contributed by atoms with Crippen LogP contribution in [0.5, 0.6) is 0 Å². The molecule has 3 aromatic rings. The SMILES string of the molecule is O=C(Cc1cccs1)N1CCN(C[C@@H](OCc2c(F)cccc2F)c2ccc(Cl)cc2)CC1. The number of carbonyl (C=O) groups is 1. The van der Waals surface area contributed by atoms with Crippen molar-refractivity contribution >= 4 is 28.8 Å². The van der Waals surface area contributed by atoms with E-state index in [2.05, 4.69) is 4.90 Å². The Hall–Kier alpha value is -2.32. The smallest absolute Gasteiger partial charge is 0.227 e. The number of piperazine rings is 1. The fourth-order valence-corrected chi connectivity index (χ4v) is 4.70. The Morgan fingerprint density at radius 1 is 1.00 bits per heavy atom. The van der Waals surface area contributed by atoms with Gasteiger partial charge in [-0.25, -0.2) is 8.78 Å². The second-order valence-electron chi connectivity index (χ2n) is 7.99. The molecule has 1 saturated heterocycles. The lowest BCUT2D eigenvalue weighted by Gasteiger charge is -2.36. The number of ether oxygens (including phenoxy) is 1. The van der Waals surface area contributed by atoms with E-state index in [9.17, 15) is 13.6 Å². The third-order valence-electron chi connectivity index (χ3n) is 5.79. The molecular weight excluding hydrogens is 466 g/mol. The Morgan fingerprint density at radius 2 is 1.70 bits per heavy atom. The van der Waals surface area contributed by atoms with Crippen molar-refractivity contribution in [3.05, 3.63) is 92.6 Å². The summed E-state index contributed by atoms with van der Waals surface area (Å²) in [5.41, 5.74) is 0.799. The van der Waals surface area contributed by atoms with E-state index in [0.29, 0.717) is 44.2 Å². The molecule has 2 aromatic carbocycles. The van der Waals surface area contributed by atoms with Gasteiger partial charge in [-0.15, -0.1) is 11.3 Å². The van der Waals surface area contributed by atoms with E-state index >= 15 is 0 Å². The minimum atomic E-state index is -0.622. The normalized spacial score (nSPS) is 15.5. The van der Waals surface area contributed by atoms with Crippen molar-refractivity contribution in [2.75, 3.05) is 32.7 Å². The topological polar surface area (TPSA) is 32.8 Å². The van der Waals surface area contributed by atoms with Gasteiger partial charge in [-0.2, -0.15) is 0 Å². The zero-order valence-electron chi connectivity index (χ0n) is 18.1. The van der Waals surface area contributed by atoms with Crippen molar-refractivity contribution < 1.29 is 18.3 Å². The molecule has 0 radical (unpaired) electrons. The zero-order valence-corrected chi connectivity index (χ0v) is 19.6. The highest BCUT2D eigenvalue weighted by Gasteiger charge is 2.25. The molecule has 1 amide bonds. The summed E-state index contributed by atoms with van der Waals surface area (Å²) in [4.78, 5) is 17.8. The van der Waals surface area contributed by atoms with Crippen LogP contribution in [-0.2, 0) is 22.6 Å². The van der Waals surface area contributed by atoms with Crippen molar-refractivity contribution in [2.45, 2.75) is 19.1 Å². The Labute approximate surface area is 201 Å². The van der Waals surface area contributed by atoms with Crippen molar-refractivity contribution in [2.24, 2.45) is 0 Å². The van der Waals surface area contributed by atoms with E-state index in [1.54, 1.807) is 23.5 Å². The molecule has 0 aliphatic carbocycles. The summed E-state index contributed by atoms with van der Waals surface area (Å²) in [5.74, 6) is -1.11. The predicted molar refractivity (Wildman–Crippen MR) is 126 cm³/mol. The highest BCUT2D eigenvalue weighted by Crippen LogP contribution is 2.25. The second-order valence-corrected chi connectivity index (χ2v) is 9.46. The Balaban J connectivity index is 1.38. The number of nitrogens with zero attached hydrogens (tertiary/aromatic N) is 2. The third kappa shape index (κ3) is 6.38. The summed E-state index contributed by atoms with van der Waals surface area (Å²) in [6.45, 7) is 3.06. The van der Waals surface area contributed by atoms with Gasteiger partial charge < -0.3 is 9.64 Å². The fourth-order valence-electron chi connectivity index (χ4n) is 3.87. The summed E-state index contributed by atoms with van der Waals surface area (Å²) in [7, 11) is 0. The van der Waals surface area contributed by atoms with Gasteiger partial charge in [0.1, 0.15) is 11.6 Å². The van der Waals surface area contributed by atoms with Crippen LogP contribution < -0.4 is 0 Å². The lowest BCUT2D eigenvalue weighted by atomic mass is 10.1. The number of thiophene rings is 1. The number of amides is 1. The van der Waals surface area contributed by atoms with Crippen LogP contribution in [0.1, 0.15) is 22.1 Å². The quantitative estimate of drug-likeness (QED) is 0.428. The predicted octanol–water partition coefficient (Wildman–Crippen LogP) is 5.32. The molecule has 2 heterocycles. The van der Waals surface area contributed by atoms with Gasteiger partial charge in [-0.3, -0.25) is 9.69 Å². The molecule has 1 aliphatic heterocycles. The Bertz CT molecular complexity index is 1030. The molecule has 4 nitrogen and oxygen atoms in total. The van der Waals surface area contributed by atoms with Crippen LogP contribution in [0.15, 0.2) is 60.0 Å². The molecule has 8 heteroatoms. The molecule has 0 N–H and O–H groups in total. The van der Waals surface area contributed by atoms with Crippen LogP contribution in [0.4, 0.5) is 8.78 Å². The number of rotatable bonds is 8. The Kier molecular flexibility index (Phi) is 8.09. The van der Waals surface area contributed by atoms with Crippen molar-refractivity contribution in [1.82, 2.24) is 9.80 Å². The first-order valence-electron chi connectivity index (χ1n) is 10.8. The molecule has 4 rings (SSSR count). The molecule has 33 heavy (non-hydrogen) atoms. The maximum Gasteiger partial charge on any atom is 0.227 e. The summed E-state index contributed by atoms with van der Waals surface area (Å²) >= 11 is 7.62. The monoisotopic (exact) mass is 490 g/mol. The maximum atomic E-state index is 14.1. The number of hydrogen-bond acceptors (Lipinski definition) is 4. The van der Waals surface area contributed by atoms with E-state index in [-0.39, 0.29) is 18.1 Å². The van der Waals surface area contributed by atoms with Crippen LogP contribution in [0.25, 0.3) is 0 Å². The average Bonchev–Trinajstić information content (AvgIpc) is 3.32. The standard InChI is InChI=1S/C25H25ClF2N2O2S/c26-19-8-6-18(7-9-19)24(32-17-21-22(27)4-1-5-23(21)28)16-29-10-12-30(13-11-29)25(31)15-20-3-2-14-33-20/h1-9,14,24H,10-13,15-17H2/t24-/m1/s1. The lowest BCUT2D eigenvalue weighted by Crippen LogP contribution is -2.50. The van der Waals surface area contributed by atoms with E-state index in [1.165, 1.54) is 18.2 Å². The van der Waals surface area contributed by atoms with Crippen molar-refractivity contribution in [3.63, 3.8) is 0 Å². The first kappa shape index (κ1) is 23.8. The largest absolute Gasteiger partial charge is 0.367 e. The van der Waals surface area contributed by atoms with E-state index in [1.807, 2.05) is 34.5 Å². The van der Waals surface area contributed by atoms with Gasteiger partial charge in [0, 0.05) is 48.2 Å². The van der Waals surface area contributed by atoms with Crippen LogP contribution in [0.2, 0.25) is 5.02 Å². The number of benzene rings is 2.